The summed E-state index contributed by atoms with van der Waals surface area (Å²) in [4.78, 5) is 59.4. The Morgan fingerprint density at radius 3 is 1.77 bits per heavy atom. The molecule has 0 aromatic rings. The molecular formula is C18H33N5O8. The van der Waals surface area contributed by atoms with Crippen molar-refractivity contribution >= 4 is 29.6 Å². The Labute approximate surface area is 179 Å². The van der Waals surface area contributed by atoms with Crippen molar-refractivity contribution in [2.45, 2.75) is 70.3 Å². The summed E-state index contributed by atoms with van der Waals surface area (Å²) in [7, 11) is 0. The molecule has 4 amide bonds. The first-order valence-corrected chi connectivity index (χ1v) is 9.76. The number of hydrogen-bond acceptors (Lipinski definition) is 8. The van der Waals surface area contributed by atoms with Crippen LogP contribution in [0.2, 0.25) is 0 Å². The van der Waals surface area contributed by atoms with E-state index >= 15 is 0 Å². The Bertz CT molecular complexity index is 655. The molecule has 178 valence electrons. The molecule has 0 spiro atoms. The van der Waals surface area contributed by atoms with Gasteiger partial charge in [0, 0.05) is 6.42 Å². The number of rotatable bonds is 14. The van der Waals surface area contributed by atoms with Gasteiger partial charge >= 0.3 is 5.97 Å². The minimum atomic E-state index is -1.51. The lowest BCUT2D eigenvalue weighted by Gasteiger charge is -2.25. The van der Waals surface area contributed by atoms with Gasteiger partial charge in [-0.1, -0.05) is 13.8 Å². The smallest absolute Gasteiger partial charge is 0.326 e. The molecule has 0 bridgehead atoms. The lowest BCUT2D eigenvalue weighted by Crippen LogP contribution is -2.59. The SMILES string of the molecule is CC(C)CC(NC(=O)C(CO)NC(=O)C(CCC(N)=O)NC(=O)C(N)C(C)O)C(=O)O. The van der Waals surface area contributed by atoms with Gasteiger partial charge in [0.1, 0.15) is 24.2 Å². The predicted molar refractivity (Wildman–Crippen MR) is 108 cm³/mol. The quantitative estimate of drug-likeness (QED) is 0.132. The van der Waals surface area contributed by atoms with Crippen LogP contribution >= 0.6 is 0 Å². The van der Waals surface area contributed by atoms with Gasteiger partial charge in [-0.2, -0.15) is 0 Å². The lowest BCUT2D eigenvalue weighted by molar-refractivity contribution is -0.143. The van der Waals surface area contributed by atoms with E-state index in [4.69, 9.17) is 11.5 Å². The molecule has 0 aliphatic heterocycles. The van der Waals surface area contributed by atoms with E-state index in [1.807, 2.05) is 0 Å². The molecule has 0 aliphatic rings. The number of nitrogens with two attached hydrogens (primary N) is 2. The van der Waals surface area contributed by atoms with Crippen LogP contribution in [0.3, 0.4) is 0 Å². The van der Waals surface area contributed by atoms with E-state index in [0.717, 1.165) is 0 Å². The molecule has 0 aliphatic carbocycles. The maximum absolute atomic E-state index is 12.6. The average Bonchev–Trinajstić information content (AvgIpc) is 2.66. The third-order valence-corrected chi connectivity index (χ3v) is 4.27. The van der Waals surface area contributed by atoms with Crippen LogP contribution in [-0.4, -0.2) is 81.8 Å². The molecule has 0 rings (SSSR count). The lowest BCUT2D eigenvalue weighted by atomic mass is 10.0. The fraction of sp³-hybridized carbons (Fsp3) is 0.722. The van der Waals surface area contributed by atoms with Crippen molar-refractivity contribution in [1.82, 2.24) is 16.0 Å². The molecule has 13 heteroatoms. The van der Waals surface area contributed by atoms with Crippen LogP contribution in [0.15, 0.2) is 0 Å². The molecule has 0 saturated heterocycles. The monoisotopic (exact) mass is 447 g/mol. The number of carbonyl (C=O) groups excluding carboxylic acids is 4. The maximum Gasteiger partial charge on any atom is 0.326 e. The highest BCUT2D eigenvalue weighted by atomic mass is 16.4. The number of aliphatic carboxylic acids is 1. The number of carboxylic acids is 1. The summed E-state index contributed by atoms with van der Waals surface area (Å²) in [5, 5.41) is 34.8. The first kappa shape index (κ1) is 28.2. The average molecular weight is 447 g/mol. The van der Waals surface area contributed by atoms with Gasteiger partial charge < -0.3 is 42.7 Å². The first-order valence-electron chi connectivity index (χ1n) is 9.76. The van der Waals surface area contributed by atoms with Crippen LogP contribution in [-0.2, 0) is 24.0 Å². The highest BCUT2D eigenvalue weighted by molar-refractivity contribution is 5.94. The van der Waals surface area contributed by atoms with Crippen molar-refractivity contribution < 1.29 is 39.3 Å². The van der Waals surface area contributed by atoms with Crippen molar-refractivity contribution in [3.8, 4) is 0 Å². The number of hydrogen-bond donors (Lipinski definition) is 8. The van der Waals surface area contributed by atoms with Crippen LogP contribution < -0.4 is 27.4 Å². The molecule has 31 heavy (non-hydrogen) atoms. The first-order chi connectivity index (χ1) is 14.3. The van der Waals surface area contributed by atoms with E-state index in [0.29, 0.717) is 0 Å². The molecule has 0 aromatic heterocycles. The molecule has 0 heterocycles. The number of aliphatic hydroxyl groups excluding tert-OH is 2. The number of carboxylic acid groups (broad SMARTS) is 1. The Hall–Kier alpha value is -2.77. The molecule has 0 radical (unpaired) electrons. The van der Waals surface area contributed by atoms with Gasteiger partial charge in [-0.05, 0) is 25.7 Å². The van der Waals surface area contributed by atoms with E-state index in [9.17, 15) is 39.3 Å². The standard InChI is InChI=1S/C18H33N5O8/c1-8(2)6-11(18(30)31)22-16(28)12(7-24)23-15(27)10(4-5-13(19)26)21-17(29)14(20)9(3)25/h8-12,14,24-25H,4-7,20H2,1-3H3,(H2,19,26)(H,21,29)(H,22,28)(H,23,27)(H,30,31). The zero-order chi connectivity index (χ0) is 24.3. The van der Waals surface area contributed by atoms with E-state index in [1.54, 1.807) is 13.8 Å². The zero-order valence-electron chi connectivity index (χ0n) is 17.8. The van der Waals surface area contributed by atoms with E-state index < -0.39 is 66.5 Å². The molecule has 0 aromatic carbocycles. The minimum absolute atomic E-state index is 0.0462. The predicted octanol–water partition coefficient (Wildman–Crippen LogP) is -3.46. The van der Waals surface area contributed by atoms with Gasteiger partial charge in [-0.3, -0.25) is 19.2 Å². The van der Waals surface area contributed by atoms with Crippen molar-refractivity contribution in [1.29, 1.82) is 0 Å². The molecule has 0 fully saturated rings. The third kappa shape index (κ3) is 10.7. The molecule has 13 nitrogen and oxygen atoms in total. The third-order valence-electron chi connectivity index (χ3n) is 4.27. The van der Waals surface area contributed by atoms with Crippen molar-refractivity contribution in [3.63, 3.8) is 0 Å². The minimum Gasteiger partial charge on any atom is -0.480 e. The van der Waals surface area contributed by atoms with E-state index in [-0.39, 0.29) is 25.2 Å². The summed E-state index contributed by atoms with van der Waals surface area (Å²) >= 11 is 0. The topological polar surface area (TPSA) is 234 Å². The summed E-state index contributed by atoms with van der Waals surface area (Å²) < 4.78 is 0. The summed E-state index contributed by atoms with van der Waals surface area (Å²) in [6, 6.07) is -5.45. The second-order valence-electron chi connectivity index (χ2n) is 7.61. The van der Waals surface area contributed by atoms with Crippen LogP contribution in [0, 0.1) is 5.92 Å². The Morgan fingerprint density at radius 1 is 0.871 bits per heavy atom. The molecule has 10 N–H and O–H groups in total. The summed E-state index contributed by atoms with van der Waals surface area (Å²) in [5.41, 5.74) is 10.6. The van der Waals surface area contributed by atoms with Gasteiger partial charge in [0.15, 0.2) is 0 Å². The number of carbonyl (C=O) groups is 5. The van der Waals surface area contributed by atoms with Gasteiger partial charge in [-0.25, -0.2) is 4.79 Å². The molecule has 5 unspecified atom stereocenters. The van der Waals surface area contributed by atoms with Crippen LogP contribution in [0.4, 0.5) is 0 Å². The normalized spacial score (nSPS) is 15.8. The highest BCUT2D eigenvalue weighted by Crippen LogP contribution is 2.06. The van der Waals surface area contributed by atoms with Crippen LogP contribution in [0.25, 0.3) is 0 Å². The van der Waals surface area contributed by atoms with Crippen molar-refractivity contribution in [2.75, 3.05) is 6.61 Å². The summed E-state index contributed by atoms with van der Waals surface area (Å²) in [6.45, 7) is 3.94. The Morgan fingerprint density at radius 2 is 1.35 bits per heavy atom. The maximum atomic E-state index is 12.6. The summed E-state index contributed by atoms with van der Waals surface area (Å²) in [5.74, 6) is -4.82. The summed E-state index contributed by atoms with van der Waals surface area (Å²) in [6.07, 6.45) is -1.61. The number of amides is 4. The van der Waals surface area contributed by atoms with Crippen LogP contribution in [0.1, 0.15) is 40.0 Å². The van der Waals surface area contributed by atoms with Crippen LogP contribution in [0.5, 0.6) is 0 Å². The van der Waals surface area contributed by atoms with Crippen molar-refractivity contribution in [3.05, 3.63) is 0 Å². The Kier molecular flexibility index (Phi) is 12.3. The fourth-order valence-electron chi connectivity index (χ4n) is 2.47. The fourth-order valence-corrected chi connectivity index (χ4v) is 2.47. The van der Waals surface area contributed by atoms with Gasteiger partial charge in [0.25, 0.3) is 0 Å². The van der Waals surface area contributed by atoms with Gasteiger partial charge in [0.2, 0.25) is 23.6 Å². The van der Waals surface area contributed by atoms with Gasteiger partial charge in [0.05, 0.1) is 12.7 Å². The molecule has 0 saturated carbocycles. The number of nitrogens with one attached hydrogen (secondary N) is 3. The number of aliphatic hydroxyl groups is 2. The number of primary amides is 1. The van der Waals surface area contributed by atoms with E-state index in [1.165, 1.54) is 6.92 Å². The molecule has 5 atom stereocenters. The molecular weight excluding hydrogens is 414 g/mol. The second-order valence-corrected chi connectivity index (χ2v) is 7.61. The van der Waals surface area contributed by atoms with Gasteiger partial charge in [-0.15, -0.1) is 0 Å². The largest absolute Gasteiger partial charge is 0.480 e. The van der Waals surface area contributed by atoms with E-state index in [2.05, 4.69) is 16.0 Å². The Balaban J connectivity index is 5.30. The second kappa shape index (κ2) is 13.5. The zero-order valence-corrected chi connectivity index (χ0v) is 17.8. The highest BCUT2D eigenvalue weighted by Gasteiger charge is 2.31. The van der Waals surface area contributed by atoms with Crippen molar-refractivity contribution in [2.24, 2.45) is 17.4 Å².